The van der Waals surface area contributed by atoms with Gasteiger partial charge in [-0.25, -0.2) is 0 Å². The van der Waals surface area contributed by atoms with Gasteiger partial charge in [-0.05, 0) is 169 Å². The van der Waals surface area contributed by atoms with E-state index in [0.29, 0.717) is 5.56 Å². The third kappa shape index (κ3) is 6.58. The zero-order valence-electron chi connectivity index (χ0n) is 39.9. The molecule has 324 valence electrons. The van der Waals surface area contributed by atoms with Crippen molar-refractivity contribution in [3.8, 4) is 0 Å². The summed E-state index contributed by atoms with van der Waals surface area (Å²) < 4.78 is 47.0. The van der Waals surface area contributed by atoms with Gasteiger partial charge in [0.25, 0.3) is 6.71 Å². The van der Waals surface area contributed by atoms with Crippen LogP contribution in [0.3, 0.4) is 0 Å². The summed E-state index contributed by atoms with van der Waals surface area (Å²) >= 11 is 0. The Labute approximate surface area is 370 Å². The second-order valence-corrected chi connectivity index (χ2v) is 24.0. The van der Waals surface area contributed by atoms with E-state index in [1.807, 2.05) is 31.7 Å². The number of halogens is 3. The summed E-state index contributed by atoms with van der Waals surface area (Å²) in [6.07, 6.45) is -0.170. The van der Waals surface area contributed by atoms with Crippen molar-refractivity contribution in [2.24, 2.45) is 0 Å². The van der Waals surface area contributed by atoms with Crippen LogP contribution in [0.1, 0.15) is 167 Å². The predicted octanol–water partition coefficient (Wildman–Crippen LogP) is 14.4. The van der Waals surface area contributed by atoms with Crippen LogP contribution in [0.25, 0.3) is 0 Å². The van der Waals surface area contributed by atoms with E-state index in [2.05, 4.69) is 149 Å². The van der Waals surface area contributed by atoms with Gasteiger partial charge in [0, 0.05) is 28.4 Å². The van der Waals surface area contributed by atoms with Gasteiger partial charge in [0.2, 0.25) is 0 Å². The quantitative estimate of drug-likeness (QED) is 0.160. The number of nitrogens with zero attached hydrogens (tertiary/aromatic N) is 2. The third-order valence-electron chi connectivity index (χ3n) is 15.6. The van der Waals surface area contributed by atoms with E-state index in [4.69, 9.17) is 0 Å². The van der Waals surface area contributed by atoms with Crippen LogP contribution in [0.15, 0.2) is 78.9 Å². The van der Waals surface area contributed by atoms with Crippen molar-refractivity contribution in [3.63, 3.8) is 0 Å². The van der Waals surface area contributed by atoms with E-state index < -0.39 is 17.2 Å². The maximum absolute atomic E-state index is 15.7. The monoisotopic (exact) mass is 835 g/mol. The summed E-state index contributed by atoms with van der Waals surface area (Å²) in [4.78, 5) is 4.43. The van der Waals surface area contributed by atoms with Crippen LogP contribution in [0.2, 0.25) is 0 Å². The fourth-order valence-electron chi connectivity index (χ4n) is 11.3. The molecule has 0 atom stereocenters. The van der Waals surface area contributed by atoms with Gasteiger partial charge in [-0.3, -0.25) is 0 Å². The third-order valence-corrected chi connectivity index (χ3v) is 15.6. The van der Waals surface area contributed by atoms with E-state index in [9.17, 15) is 0 Å². The lowest BCUT2D eigenvalue weighted by Gasteiger charge is -2.48. The Bertz CT molecular complexity index is 2680. The van der Waals surface area contributed by atoms with Crippen LogP contribution in [-0.4, -0.2) is 6.71 Å². The molecular formula is C56H66BF3N2. The molecule has 0 fully saturated rings. The fraction of sp³-hybridized carbons (Fsp3) is 0.464. The van der Waals surface area contributed by atoms with Crippen molar-refractivity contribution >= 4 is 57.2 Å². The Hall–Kier alpha value is -4.45. The number of anilines is 6. The van der Waals surface area contributed by atoms with Gasteiger partial charge in [0.05, 0.1) is 11.3 Å². The molecule has 0 saturated heterocycles. The predicted molar refractivity (Wildman–Crippen MR) is 258 cm³/mol. The molecule has 0 N–H and O–H groups in total. The molecule has 5 aromatic rings. The first kappa shape index (κ1) is 42.8. The molecule has 0 saturated carbocycles. The summed E-state index contributed by atoms with van der Waals surface area (Å²) in [6.45, 7) is 33.6. The van der Waals surface area contributed by atoms with Crippen molar-refractivity contribution < 1.29 is 13.2 Å². The first-order valence-electron chi connectivity index (χ1n) is 23.0. The van der Waals surface area contributed by atoms with Crippen molar-refractivity contribution in [3.05, 3.63) is 123 Å². The summed E-state index contributed by atoms with van der Waals surface area (Å²) in [6, 6.07) is 28.2. The van der Waals surface area contributed by atoms with Crippen LogP contribution in [0, 0.1) is 6.92 Å². The van der Waals surface area contributed by atoms with Gasteiger partial charge >= 0.3 is 6.18 Å². The Morgan fingerprint density at radius 1 is 0.468 bits per heavy atom. The van der Waals surface area contributed by atoms with Gasteiger partial charge < -0.3 is 9.80 Å². The van der Waals surface area contributed by atoms with Crippen LogP contribution >= 0.6 is 0 Å². The topological polar surface area (TPSA) is 6.48 Å². The number of hydrogen-bond acceptors (Lipinski definition) is 2. The van der Waals surface area contributed by atoms with Crippen LogP contribution in [-0.2, 0) is 38.7 Å². The largest absolute Gasteiger partial charge is 0.418 e. The molecule has 0 bridgehead atoms. The lowest BCUT2D eigenvalue weighted by atomic mass is 9.33. The van der Waals surface area contributed by atoms with Crippen molar-refractivity contribution in [2.45, 2.75) is 168 Å². The van der Waals surface area contributed by atoms with E-state index in [1.165, 1.54) is 39.5 Å². The van der Waals surface area contributed by atoms with Crippen LogP contribution in [0.5, 0.6) is 0 Å². The lowest BCUT2D eigenvalue weighted by Crippen LogP contribution is -2.62. The normalized spacial score (nSPS) is 19.3. The molecule has 4 aliphatic rings. The molecule has 0 aromatic heterocycles. The molecule has 2 aliphatic carbocycles. The summed E-state index contributed by atoms with van der Waals surface area (Å²) in [5.74, 6) is 0. The van der Waals surface area contributed by atoms with Gasteiger partial charge in [-0.2, -0.15) is 13.2 Å². The Morgan fingerprint density at radius 2 is 0.935 bits per heavy atom. The molecular weight excluding hydrogens is 768 g/mol. The van der Waals surface area contributed by atoms with Crippen molar-refractivity contribution in [1.82, 2.24) is 0 Å². The van der Waals surface area contributed by atoms with Gasteiger partial charge in [-0.15, -0.1) is 0 Å². The number of alkyl halides is 3. The Morgan fingerprint density at radius 3 is 1.48 bits per heavy atom. The number of fused-ring (bicyclic) bond motifs is 6. The Kier molecular flexibility index (Phi) is 9.19. The van der Waals surface area contributed by atoms with E-state index >= 15 is 13.2 Å². The molecule has 62 heavy (non-hydrogen) atoms. The molecule has 9 rings (SSSR count). The Balaban J connectivity index is 1.43. The first-order chi connectivity index (χ1) is 28.5. The highest BCUT2D eigenvalue weighted by atomic mass is 19.4. The maximum Gasteiger partial charge on any atom is 0.418 e. The highest BCUT2D eigenvalue weighted by Gasteiger charge is 2.48. The van der Waals surface area contributed by atoms with Gasteiger partial charge in [0.1, 0.15) is 0 Å². The highest BCUT2D eigenvalue weighted by molar-refractivity contribution is 7.00. The lowest BCUT2D eigenvalue weighted by molar-refractivity contribution is -0.137. The van der Waals surface area contributed by atoms with E-state index in [0.717, 1.165) is 70.5 Å². The minimum Gasteiger partial charge on any atom is -0.311 e. The highest BCUT2D eigenvalue weighted by Crippen LogP contribution is 2.53. The number of benzene rings is 5. The molecule has 6 heteroatoms. The minimum absolute atomic E-state index is 0.0117. The van der Waals surface area contributed by atoms with E-state index in [-0.39, 0.29) is 39.5 Å². The van der Waals surface area contributed by atoms with Crippen molar-refractivity contribution in [2.75, 3.05) is 9.80 Å². The number of rotatable bonds is 2. The van der Waals surface area contributed by atoms with Gasteiger partial charge in [0.15, 0.2) is 0 Å². The zero-order chi connectivity index (χ0) is 45.1. The fourth-order valence-corrected chi connectivity index (χ4v) is 11.3. The molecule has 0 spiro atoms. The molecule has 2 aliphatic heterocycles. The molecule has 0 unspecified atom stereocenters. The standard InChI is InChI=1S/C56H66BF3N2/c1-33-26-47-49-48(27-33)62(44-20-16-34(50(2,3)4)28-41(44)56(58,59)60)45-21-17-35(51(5,6)7)29-42(45)57(49)43-31-39-40(55(14,15)25-24-54(39,12)13)32-46(43)61(47)36-18-19-37-38(30-36)53(10,11)23-22-52(37,8)9/h16-21,26-32H,22-25H2,1-15H3. The summed E-state index contributed by atoms with van der Waals surface area (Å²) in [7, 11) is 0. The summed E-state index contributed by atoms with van der Waals surface area (Å²) in [5, 5.41) is 0. The van der Waals surface area contributed by atoms with E-state index in [1.54, 1.807) is 6.07 Å². The molecule has 0 amide bonds. The van der Waals surface area contributed by atoms with Crippen LogP contribution < -0.4 is 26.2 Å². The average molecular weight is 835 g/mol. The van der Waals surface area contributed by atoms with Gasteiger partial charge in [-0.1, -0.05) is 127 Å². The molecule has 2 heterocycles. The molecule has 2 nitrogen and oxygen atoms in total. The van der Waals surface area contributed by atoms with Crippen molar-refractivity contribution in [1.29, 1.82) is 0 Å². The second-order valence-electron chi connectivity index (χ2n) is 24.0. The molecule has 0 radical (unpaired) electrons. The average Bonchev–Trinajstić information content (AvgIpc) is 3.16. The maximum atomic E-state index is 15.7. The first-order valence-corrected chi connectivity index (χ1v) is 23.0. The SMILES string of the molecule is Cc1cc2c3c(c1)N(c1ccc(C(C)(C)C)cc1C(F)(F)F)c1ccc(C(C)(C)C)cc1B3c1cc3c(cc1N2c1ccc2c(c1)C(C)(C)CCC2(C)C)C(C)(C)CCC3(C)C. The van der Waals surface area contributed by atoms with Crippen LogP contribution in [0.4, 0.5) is 47.3 Å². The smallest absolute Gasteiger partial charge is 0.311 e. The second kappa shape index (κ2) is 13.3. The summed E-state index contributed by atoms with van der Waals surface area (Å²) in [5.41, 5.74) is 15.5. The number of hydrogen-bond donors (Lipinski definition) is 0. The minimum atomic E-state index is -4.58. The molecule has 5 aromatic carbocycles. The zero-order valence-corrected chi connectivity index (χ0v) is 39.9. The number of aryl methyl sites for hydroxylation is 1.